The summed E-state index contributed by atoms with van der Waals surface area (Å²) in [6, 6.07) is 14.4. The molecular weight excluding hydrogens is 206 g/mol. The third-order valence-corrected chi connectivity index (χ3v) is 2.59. The quantitative estimate of drug-likeness (QED) is 0.531. The van der Waals surface area contributed by atoms with Crippen molar-refractivity contribution in [3.63, 3.8) is 0 Å². The van der Waals surface area contributed by atoms with Gasteiger partial charge in [0.1, 0.15) is 0 Å². The zero-order valence-electron chi connectivity index (χ0n) is 9.14. The molecule has 3 rings (SSSR count). The topological polar surface area (TPSA) is 12.4 Å². The number of aliphatic imine (C=N–C) groups is 1. The molecule has 0 radical (unpaired) electrons. The third kappa shape index (κ3) is 2.03. The van der Waals surface area contributed by atoms with Gasteiger partial charge in [-0.2, -0.15) is 0 Å². The first-order chi connectivity index (χ1) is 8.42. The van der Waals surface area contributed by atoms with Crippen molar-refractivity contribution in [3.8, 4) is 0 Å². The van der Waals surface area contributed by atoms with Gasteiger partial charge in [-0.1, -0.05) is 41.8 Å². The van der Waals surface area contributed by atoms with Crippen LogP contribution in [0.3, 0.4) is 0 Å². The Morgan fingerprint density at radius 2 is 1.88 bits per heavy atom. The second kappa shape index (κ2) is 4.14. The van der Waals surface area contributed by atoms with Crippen LogP contribution in [-0.4, -0.2) is 6.21 Å². The van der Waals surface area contributed by atoms with Crippen LogP contribution in [0.4, 0.5) is 5.69 Å². The van der Waals surface area contributed by atoms with E-state index in [1.165, 1.54) is 10.8 Å². The molecule has 1 nitrogen and oxygen atoms in total. The van der Waals surface area contributed by atoms with Crippen LogP contribution in [0.2, 0.25) is 0 Å². The van der Waals surface area contributed by atoms with Crippen LogP contribution in [0.5, 0.6) is 0 Å². The summed E-state index contributed by atoms with van der Waals surface area (Å²) in [6.45, 7) is 0. The molecule has 0 unspecified atom stereocenters. The average molecular weight is 215 g/mol. The Labute approximate surface area is 99.4 Å². The number of hydrogen-bond acceptors (Lipinski definition) is 1. The van der Waals surface area contributed by atoms with Crippen LogP contribution in [0.25, 0.3) is 10.8 Å². The van der Waals surface area contributed by atoms with Gasteiger partial charge in [-0.15, -0.1) is 0 Å². The largest absolute Gasteiger partial charge is 0.256 e. The van der Waals surface area contributed by atoms with Gasteiger partial charge >= 0.3 is 0 Å². The summed E-state index contributed by atoms with van der Waals surface area (Å²) in [5.74, 6) is 0. The zero-order valence-corrected chi connectivity index (χ0v) is 9.14. The molecule has 0 heterocycles. The van der Waals surface area contributed by atoms with Crippen LogP contribution in [-0.2, 0) is 0 Å². The molecule has 17 heavy (non-hydrogen) atoms. The smallest absolute Gasteiger partial charge is 0.0636 e. The fourth-order valence-corrected chi connectivity index (χ4v) is 1.73. The van der Waals surface area contributed by atoms with E-state index in [-0.39, 0.29) is 0 Å². The fourth-order valence-electron chi connectivity index (χ4n) is 1.73. The monoisotopic (exact) mass is 215 g/mol. The maximum absolute atomic E-state index is 4.40. The molecule has 0 bridgehead atoms. The molecule has 1 heteroatoms. The van der Waals surface area contributed by atoms with Gasteiger partial charge in [0.25, 0.3) is 0 Å². The molecule has 78 valence electrons. The Balaban J connectivity index is 1.96. The van der Waals surface area contributed by atoms with Crippen LogP contribution < -0.4 is 0 Å². The van der Waals surface area contributed by atoms with Crippen LogP contribution in [0.1, 0.15) is 0 Å². The molecule has 0 fully saturated rings. The average Bonchev–Trinajstić information content (AvgIpc) is 2.89. The summed E-state index contributed by atoms with van der Waals surface area (Å²) < 4.78 is 0. The second-order valence-electron chi connectivity index (χ2n) is 3.78. The Morgan fingerprint density at radius 1 is 1.00 bits per heavy atom. The highest BCUT2D eigenvalue weighted by molar-refractivity contribution is 5.88. The molecule has 1 aliphatic carbocycles. The lowest BCUT2D eigenvalue weighted by Crippen LogP contribution is -1.76. The molecular formula is C16H9N. The standard InChI is InChI=1S/C16H9N/c1-2-6-13(5-1)12-17-16-10-9-14-7-3-4-8-15(14)11-16/h3-5,7-12H. The fraction of sp³-hybridized carbons (Fsp3) is 0. The molecule has 0 aliphatic heterocycles. The van der Waals surface area contributed by atoms with Crippen molar-refractivity contribution in [1.29, 1.82) is 0 Å². The maximum atomic E-state index is 4.40. The molecule has 2 aromatic rings. The van der Waals surface area contributed by atoms with E-state index < -0.39 is 0 Å². The maximum Gasteiger partial charge on any atom is 0.0636 e. The molecule has 1 aliphatic rings. The zero-order chi connectivity index (χ0) is 11.5. The Morgan fingerprint density at radius 3 is 2.71 bits per heavy atom. The predicted octanol–water partition coefficient (Wildman–Crippen LogP) is 3.95. The first kappa shape index (κ1) is 9.66. The SMILES string of the molecule is C1=C=CC(C=Nc2ccc3ccccc3c2)=C=1. The number of nitrogens with zero attached hydrogens (tertiary/aromatic N) is 1. The van der Waals surface area contributed by atoms with E-state index in [1.807, 2.05) is 24.3 Å². The minimum atomic E-state index is 0.901. The molecule has 0 N–H and O–H groups in total. The minimum absolute atomic E-state index is 0.901. The molecule has 0 amide bonds. The Hall–Kier alpha value is -2.55. The first-order valence-electron chi connectivity index (χ1n) is 5.41. The molecule has 0 saturated carbocycles. The van der Waals surface area contributed by atoms with Gasteiger partial charge in [-0.05, 0) is 28.6 Å². The molecule has 0 saturated heterocycles. The van der Waals surface area contributed by atoms with Crippen LogP contribution >= 0.6 is 0 Å². The summed E-state index contributed by atoms with van der Waals surface area (Å²) in [5, 5.41) is 2.43. The van der Waals surface area contributed by atoms with Crippen molar-refractivity contribution in [3.05, 3.63) is 71.3 Å². The highest BCUT2D eigenvalue weighted by atomic mass is 14.7. The van der Waals surface area contributed by atoms with Crippen molar-refractivity contribution in [2.45, 2.75) is 0 Å². The summed E-state index contributed by atoms with van der Waals surface area (Å²) in [6.07, 6.45) is 3.58. The van der Waals surface area contributed by atoms with E-state index in [0.717, 1.165) is 11.3 Å². The summed E-state index contributed by atoms with van der Waals surface area (Å²) in [4.78, 5) is 4.40. The minimum Gasteiger partial charge on any atom is -0.256 e. The van der Waals surface area contributed by atoms with E-state index in [1.54, 1.807) is 6.21 Å². The molecule has 0 spiro atoms. The van der Waals surface area contributed by atoms with Crippen LogP contribution in [0, 0.1) is 0 Å². The van der Waals surface area contributed by atoms with Crippen molar-refractivity contribution >= 4 is 22.7 Å². The summed E-state index contributed by atoms with van der Waals surface area (Å²) in [7, 11) is 0. The van der Waals surface area contributed by atoms with E-state index in [4.69, 9.17) is 0 Å². The van der Waals surface area contributed by atoms with Crippen molar-refractivity contribution in [1.82, 2.24) is 0 Å². The molecule has 2 aromatic carbocycles. The predicted molar refractivity (Wildman–Crippen MR) is 70.7 cm³/mol. The van der Waals surface area contributed by atoms with E-state index in [0.29, 0.717) is 0 Å². The van der Waals surface area contributed by atoms with Crippen molar-refractivity contribution in [2.24, 2.45) is 4.99 Å². The van der Waals surface area contributed by atoms with E-state index in [9.17, 15) is 0 Å². The van der Waals surface area contributed by atoms with Gasteiger partial charge in [0.15, 0.2) is 0 Å². The van der Waals surface area contributed by atoms with Gasteiger partial charge in [-0.25, -0.2) is 0 Å². The van der Waals surface area contributed by atoms with Gasteiger partial charge < -0.3 is 0 Å². The number of rotatable bonds is 2. The van der Waals surface area contributed by atoms with Gasteiger partial charge in [0.2, 0.25) is 0 Å². The Bertz CT molecular complexity index is 746. The molecule has 0 aromatic heterocycles. The summed E-state index contributed by atoms with van der Waals surface area (Å²) in [5.41, 5.74) is 10.3. The third-order valence-electron chi connectivity index (χ3n) is 2.59. The lowest BCUT2D eigenvalue weighted by Gasteiger charge is -1.98. The first-order valence-corrected chi connectivity index (χ1v) is 5.41. The number of hydrogen-bond donors (Lipinski definition) is 0. The van der Waals surface area contributed by atoms with Crippen LogP contribution in [0.15, 0.2) is 76.3 Å². The van der Waals surface area contributed by atoms with Gasteiger partial charge in [0.05, 0.1) is 11.3 Å². The normalized spacial score (nSPS) is 12.8. The summed E-state index contributed by atoms with van der Waals surface area (Å²) >= 11 is 0. The van der Waals surface area contributed by atoms with E-state index >= 15 is 0 Å². The number of benzene rings is 2. The Kier molecular flexibility index (Phi) is 2.35. The second-order valence-corrected chi connectivity index (χ2v) is 3.78. The number of allylic oxidation sites excluding steroid dienone is 2. The highest BCUT2D eigenvalue weighted by Gasteiger charge is 1.94. The van der Waals surface area contributed by atoms with Gasteiger partial charge in [-0.3, -0.25) is 4.99 Å². The van der Waals surface area contributed by atoms with E-state index in [2.05, 4.69) is 46.5 Å². The van der Waals surface area contributed by atoms with Crippen molar-refractivity contribution in [2.75, 3.05) is 0 Å². The number of fused-ring (bicyclic) bond motifs is 1. The highest BCUT2D eigenvalue weighted by Crippen LogP contribution is 2.20. The molecule has 0 atom stereocenters. The lowest BCUT2D eigenvalue weighted by atomic mass is 10.1. The van der Waals surface area contributed by atoms with Crippen molar-refractivity contribution < 1.29 is 0 Å². The van der Waals surface area contributed by atoms with Gasteiger partial charge in [0, 0.05) is 12.3 Å². The lowest BCUT2D eigenvalue weighted by molar-refractivity contribution is 1.56.